The van der Waals surface area contributed by atoms with Gasteiger partial charge in [-0.15, -0.1) is 0 Å². The van der Waals surface area contributed by atoms with Gasteiger partial charge in [0.2, 0.25) is 6.39 Å². The first-order valence-electron chi connectivity index (χ1n) is 6.79. The van der Waals surface area contributed by atoms with E-state index >= 15 is 0 Å². The van der Waals surface area contributed by atoms with Crippen LogP contribution in [0.3, 0.4) is 0 Å². The summed E-state index contributed by atoms with van der Waals surface area (Å²) in [4.78, 5) is 11.6. The van der Waals surface area contributed by atoms with Gasteiger partial charge in [-0.2, -0.15) is 4.98 Å². The number of hydrogen-bond acceptors (Lipinski definition) is 6. The van der Waals surface area contributed by atoms with Crippen molar-refractivity contribution in [3.8, 4) is 0 Å². The minimum absolute atomic E-state index is 0.732. The predicted molar refractivity (Wildman–Crippen MR) is 67.1 cm³/mol. The molecule has 100 valence electrons. The molecule has 18 heavy (non-hydrogen) atoms. The van der Waals surface area contributed by atoms with Crippen LogP contribution in [-0.4, -0.2) is 76.7 Å². The molecule has 2 aliphatic rings. The third kappa shape index (κ3) is 2.55. The standard InChI is InChI=1S/C12H21N5O/c1-2-15-3-5-17(6-4-15)11-7-16(8-11)9-12-13-10-18-14-12/h10-11H,2-9H2,1H3. The summed E-state index contributed by atoms with van der Waals surface area (Å²) in [5, 5.41) is 3.85. The number of likely N-dealkylation sites (tertiary alicyclic amines) is 1. The second kappa shape index (κ2) is 5.34. The van der Waals surface area contributed by atoms with Crippen molar-refractivity contribution in [3.05, 3.63) is 12.2 Å². The molecule has 3 heterocycles. The Morgan fingerprint density at radius 2 is 2.00 bits per heavy atom. The molecule has 0 spiro atoms. The van der Waals surface area contributed by atoms with Crippen molar-refractivity contribution in [2.75, 3.05) is 45.8 Å². The molecule has 1 aromatic heterocycles. The van der Waals surface area contributed by atoms with Crippen LogP contribution in [0.1, 0.15) is 12.7 Å². The lowest BCUT2D eigenvalue weighted by Gasteiger charge is -2.47. The Balaban J connectivity index is 1.40. The summed E-state index contributed by atoms with van der Waals surface area (Å²) >= 11 is 0. The second-order valence-electron chi connectivity index (χ2n) is 5.17. The van der Waals surface area contributed by atoms with E-state index in [9.17, 15) is 0 Å². The zero-order valence-electron chi connectivity index (χ0n) is 11.0. The summed E-state index contributed by atoms with van der Waals surface area (Å²) in [6, 6.07) is 0.732. The normalized spacial score (nSPS) is 24.3. The molecular weight excluding hydrogens is 230 g/mol. The van der Waals surface area contributed by atoms with Gasteiger partial charge in [-0.3, -0.25) is 9.80 Å². The minimum atomic E-state index is 0.732. The molecule has 0 aromatic carbocycles. The number of rotatable bonds is 4. The predicted octanol–water partition coefficient (Wildman–Crippen LogP) is -0.109. The molecule has 6 nitrogen and oxygen atoms in total. The van der Waals surface area contributed by atoms with Crippen LogP contribution in [0.25, 0.3) is 0 Å². The fourth-order valence-electron chi connectivity index (χ4n) is 2.81. The summed E-state index contributed by atoms with van der Waals surface area (Å²) in [6.07, 6.45) is 1.40. The molecule has 1 aromatic rings. The van der Waals surface area contributed by atoms with Crippen molar-refractivity contribution in [2.45, 2.75) is 19.5 Å². The van der Waals surface area contributed by atoms with Crippen LogP contribution in [-0.2, 0) is 6.54 Å². The Hall–Kier alpha value is -0.980. The second-order valence-corrected chi connectivity index (χ2v) is 5.17. The van der Waals surface area contributed by atoms with Crippen molar-refractivity contribution >= 4 is 0 Å². The SMILES string of the molecule is CCN1CCN(C2CN(Cc3ncon3)C2)CC1. The highest BCUT2D eigenvalue weighted by Crippen LogP contribution is 2.18. The Bertz CT molecular complexity index is 355. The van der Waals surface area contributed by atoms with Gasteiger partial charge in [0.1, 0.15) is 0 Å². The van der Waals surface area contributed by atoms with Gasteiger partial charge in [0.15, 0.2) is 5.82 Å². The van der Waals surface area contributed by atoms with Gasteiger partial charge in [0.25, 0.3) is 0 Å². The van der Waals surface area contributed by atoms with E-state index in [1.54, 1.807) is 0 Å². The van der Waals surface area contributed by atoms with E-state index < -0.39 is 0 Å². The molecule has 0 radical (unpaired) electrons. The van der Waals surface area contributed by atoms with E-state index in [1.165, 1.54) is 39.1 Å². The molecule has 2 aliphatic heterocycles. The molecule has 0 saturated carbocycles. The molecule has 0 aliphatic carbocycles. The first kappa shape index (κ1) is 12.1. The van der Waals surface area contributed by atoms with Crippen LogP contribution >= 0.6 is 0 Å². The Morgan fingerprint density at radius 1 is 1.22 bits per heavy atom. The summed E-state index contributed by atoms with van der Waals surface area (Å²) < 4.78 is 4.75. The maximum atomic E-state index is 4.75. The van der Waals surface area contributed by atoms with Crippen LogP contribution in [0.2, 0.25) is 0 Å². The van der Waals surface area contributed by atoms with Gasteiger partial charge >= 0.3 is 0 Å². The number of hydrogen-bond donors (Lipinski definition) is 0. The molecular formula is C12H21N5O. The van der Waals surface area contributed by atoms with Crippen molar-refractivity contribution in [2.24, 2.45) is 0 Å². The maximum Gasteiger partial charge on any atom is 0.213 e. The lowest BCUT2D eigenvalue weighted by atomic mass is 10.1. The van der Waals surface area contributed by atoms with Gasteiger partial charge in [-0.25, -0.2) is 0 Å². The lowest BCUT2D eigenvalue weighted by molar-refractivity contribution is 0.000722. The first-order chi connectivity index (χ1) is 8.85. The minimum Gasteiger partial charge on any atom is -0.343 e. The van der Waals surface area contributed by atoms with Crippen molar-refractivity contribution in [3.63, 3.8) is 0 Å². The van der Waals surface area contributed by atoms with Crippen LogP contribution in [0.4, 0.5) is 0 Å². The number of likely N-dealkylation sites (N-methyl/N-ethyl adjacent to an activating group) is 1. The van der Waals surface area contributed by atoms with Gasteiger partial charge in [-0.1, -0.05) is 12.1 Å². The average molecular weight is 251 g/mol. The highest BCUT2D eigenvalue weighted by molar-refractivity contribution is 4.92. The van der Waals surface area contributed by atoms with Gasteiger partial charge in [-0.05, 0) is 6.54 Å². The Labute approximate surface area is 108 Å². The van der Waals surface area contributed by atoms with E-state index in [4.69, 9.17) is 4.52 Å². The highest BCUT2D eigenvalue weighted by Gasteiger charge is 2.33. The third-order valence-corrected chi connectivity index (χ3v) is 4.08. The molecule has 2 fully saturated rings. The van der Waals surface area contributed by atoms with E-state index in [0.717, 1.165) is 31.5 Å². The fourth-order valence-corrected chi connectivity index (χ4v) is 2.81. The molecule has 0 amide bonds. The van der Waals surface area contributed by atoms with Gasteiger partial charge < -0.3 is 9.42 Å². The smallest absolute Gasteiger partial charge is 0.213 e. The Morgan fingerprint density at radius 3 is 2.61 bits per heavy atom. The third-order valence-electron chi connectivity index (χ3n) is 4.08. The topological polar surface area (TPSA) is 48.6 Å². The summed E-state index contributed by atoms with van der Waals surface area (Å²) in [6.45, 7) is 11.4. The van der Waals surface area contributed by atoms with Crippen molar-refractivity contribution < 1.29 is 4.52 Å². The summed E-state index contributed by atoms with van der Waals surface area (Å²) in [5.74, 6) is 0.796. The van der Waals surface area contributed by atoms with Crippen LogP contribution in [0, 0.1) is 0 Å². The molecule has 6 heteroatoms. The molecule has 3 rings (SSSR count). The van der Waals surface area contributed by atoms with Gasteiger partial charge in [0.05, 0.1) is 6.54 Å². The number of aromatic nitrogens is 2. The number of nitrogens with zero attached hydrogens (tertiary/aromatic N) is 5. The lowest BCUT2D eigenvalue weighted by Crippen LogP contribution is -2.62. The largest absolute Gasteiger partial charge is 0.343 e. The summed E-state index contributed by atoms with van der Waals surface area (Å²) in [5.41, 5.74) is 0. The van der Waals surface area contributed by atoms with E-state index in [1.807, 2.05) is 0 Å². The molecule has 2 saturated heterocycles. The quantitative estimate of drug-likeness (QED) is 0.744. The average Bonchev–Trinajstić information content (AvgIpc) is 2.86. The van der Waals surface area contributed by atoms with Crippen LogP contribution in [0.15, 0.2) is 10.9 Å². The monoisotopic (exact) mass is 251 g/mol. The molecule has 0 atom stereocenters. The molecule has 0 N–H and O–H groups in total. The van der Waals surface area contributed by atoms with E-state index in [0.29, 0.717) is 0 Å². The van der Waals surface area contributed by atoms with Gasteiger partial charge in [0, 0.05) is 45.3 Å². The van der Waals surface area contributed by atoms with E-state index in [-0.39, 0.29) is 0 Å². The van der Waals surface area contributed by atoms with Crippen molar-refractivity contribution in [1.82, 2.24) is 24.8 Å². The Kier molecular flexibility index (Phi) is 3.58. The zero-order chi connectivity index (χ0) is 12.4. The zero-order valence-corrected chi connectivity index (χ0v) is 11.0. The van der Waals surface area contributed by atoms with Crippen LogP contribution in [0.5, 0.6) is 0 Å². The maximum absolute atomic E-state index is 4.75. The fraction of sp³-hybridized carbons (Fsp3) is 0.833. The highest BCUT2D eigenvalue weighted by atomic mass is 16.5. The number of piperazine rings is 1. The summed E-state index contributed by atoms with van der Waals surface area (Å²) in [7, 11) is 0. The molecule has 0 bridgehead atoms. The van der Waals surface area contributed by atoms with Crippen LogP contribution < -0.4 is 0 Å². The van der Waals surface area contributed by atoms with Crippen molar-refractivity contribution in [1.29, 1.82) is 0 Å². The first-order valence-corrected chi connectivity index (χ1v) is 6.79. The molecule has 0 unspecified atom stereocenters. The van der Waals surface area contributed by atoms with E-state index in [2.05, 4.69) is 31.8 Å².